The number of aromatic hydroxyl groups is 1. The summed E-state index contributed by atoms with van der Waals surface area (Å²) >= 11 is 7.30. The number of hydrogen-bond acceptors (Lipinski definition) is 8. The summed E-state index contributed by atoms with van der Waals surface area (Å²) in [6.07, 6.45) is 1.43. The third-order valence-electron chi connectivity index (χ3n) is 4.99. The van der Waals surface area contributed by atoms with Crippen LogP contribution >= 0.6 is 23.4 Å². The summed E-state index contributed by atoms with van der Waals surface area (Å²) in [7, 11) is 2.86. The molecule has 0 aliphatic carbocycles. The van der Waals surface area contributed by atoms with E-state index < -0.39 is 0 Å². The first kappa shape index (κ1) is 25.1. The maximum absolute atomic E-state index is 12.5. The van der Waals surface area contributed by atoms with Crippen LogP contribution in [0.4, 0.5) is 0 Å². The molecule has 3 aromatic carbocycles. The van der Waals surface area contributed by atoms with E-state index in [0.717, 1.165) is 11.3 Å². The van der Waals surface area contributed by atoms with Gasteiger partial charge in [-0.15, -0.1) is 10.2 Å². The molecule has 9 nitrogen and oxygen atoms in total. The Bertz CT molecular complexity index is 1350. The van der Waals surface area contributed by atoms with Gasteiger partial charge in [0.1, 0.15) is 0 Å². The molecule has 184 valence electrons. The second-order valence-corrected chi connectivity index (χ2v) is 8.72. The zero-order valence-corrected chi connectivity index (χ0v) is 21.0. The number of nitrogens with one attached hydrogen (secondary N) is 1. The molecule has 1 heterocycles. The van der Waals surface area contributed by atoms with Crippen LogP contribution in [0.25, 0.3) is 17.1 Å². The molecule has 0 bridgehead atoms. The molecule has 1 aromatic heterocycles. The Hall–Kier alpha value is -4.02. The van der Waals surface area contributed by atoms with Gasteiger partial charge in [-0.05, 0) is 36.4 Å². The molecule has 0 unspecified atom stereocenters. The Balaban J connectivity index is 1.48. The van der Waals surface area contributed by atoms with Crippen molar-refractivity contribution in [1.29, 1.82) is 0 Å². The molecular formula is C25H22ClN5O4S. The number of amides is 1. The highest BCUT2D eigenvalue weighted by Gasteiger charge is 2.17. The molecule has 4 rings (SSSR count). The van der Waals surface area contributed by atoms with Crippen LogP contribution in [0.3, 0.4) is 0 Å². The van der Waals surface area contributed by atoms with E-state index in [2.05, 4.69) is 20.7 Å². The van der Waals surface area contributed by atoms with Crippen molar-refractivity contribution in [1.82, 2.24) is 20.2 Å². The minimum atomic E-state index is -0.333. The maximum Gasteiger partial charge on any atom is 0.250 e. The van der Waals surface area contributed by atoms with Gasteiger partial charge in [-0.1, -0.05) is 53.7 Å². The molecule has 11 heteroatoms. The number of halogens is 1. The summed E-state index contributed by atoms with van der Waals surface area (Å²) in [6, 6.07) is 20.1. The van der Waals surface area contributed by atoms with E-state index in [1.165, 1.54) is 32.2 Å². The van der Waals surface area contributed by atoms with Crippen LogP contribution in [-0.4, -0.2) is 52.0 Å². The van der Waals surface area contributed by atoms with E-state index >= 15 is 0 Å². The van der Waals surface area contributed by atoms with Crippen molar-refractivity contribution < 1.29 is 19.4 Å². The molecule has 0 saturated heterocycles. The maximum atomic E-state index is 12.5. The number of carbonyl (C=O) groups is 1. The van der Waals surface area contributed by atoms with Gasteiger partial charge in [0.05, 0.1) is 26.2 Å². The number of phenolic OH excluding ortho intramolecular Hbond substituents is 1. The number of phenols is 1. The van der Waals surface area contributed by atoms with E-state index in [0.29, 0.717) is 21.6 Å². The second-order valence-electron chi connectivity index (χ2n) is 7.34. The molecule has 0 fully saturated rings. The first-order chi connectivity index (χ1) is 17.5. The summed E-state index contributed by atoms with van der Waals surface area (Å²) in [6.45, 7) is 0. The number of thioether (sulfide) groups is 1. The normalized spacial score (nSPS) is 11.0. The lowest BCUT2D eigenvalue weighted by Gasteiger charge is -2.10. The molecule has 0 aliphatic heterocycles. The summed E-state index contributed by atoms with van der Waals surface area (Å²) in [5, 5.41) is 23.8. The lowest BCUT2D eigenvalue weighted by Crippen LogP contribution is -2.20. The highest BCUT2D eigenvalue weighted by molar-refractivity contribution is 7.99. The first-order valence-corrected chi connectivity index (χ1v) is 12.0. The average Bonchev–Trinajstić information content (AvgIpc) is 3.33. The fourth-order valence-corrected chi connectivity index (χ4v) is 4.16. The third kappa shape index (κ3) is 5.78. The van der Waals surface area contributed by atoms with Crippen molar-refractivity contribution in [3.8, 4) is 34.3 Å². The Labute approximate surface area is 216 Å². The Morgan fingerprint density at radius 3 is 2.39 bits per heavy atom. The van der Waals surface area contributed by atoms with Crippen molar-refractivity contribution in [2.75, 3.05) is 20.0 Å². The van der Waals surface area contributed by atoms with Crippen molar-refractivity contribution in [2.24, 2.45) is 5.10 Å². The number of rotatable bonds is 9. The van der Waals surface area contributed by atoms with Crippen LogP contribution in [0.2, 0.25) is 5.02 Å². The van der Waals surface area contributed by atoms with E-state index in [1.807, 2.05) is 47.0 Å². The van der Waals surface area contributed by atoms with Crippen LogP contribution in [0, 0.1) is 0 Å². The van der Waals surface area contributed by atoms with Gasteiger partial charge in [-0.2, -0.15) is 5.10 Å². The van der Waals surface area contributed by atoms with E-state index in [4.69, 9.17) is 21.1 Å². The largest absolute Gasteiger partial charge is 0.502 e. The molecule has 0 spiro atoms. The molecule has 0 radical (unpaired) electrons. The van der Waals surface area contributed by atoms with Gasteiger partial charge < -0.3 is 14.6 Å². The number of carbonyl (C=O) groups excluding carboxylic acids is 1. The van der Waals surface area contributed by atoms with Gasteiger partial charge in [0.2, 0.25) is 5.75 Å². The molecular weight excluding hydrogens is 502 g/mol. The zero-order chi connectivity index (χ0) is 25.5. The molecule has 4 aromatic rings. The Morgan fingerprint density at radius 1 is 1.08 bits per heavy atom. The number of ether oxygens (including phenoxy) is 2. The van der Waals surface area contributed by atoms with Gasteiger partial charge >= 0.3 is 0 Å². The first-order valence-electron chi connectivity index (χ1n) is 10.7. The summed E-state index contributed by atoms with van der Waals surface area (Å²) in [5.74, 6) is 0.717. The average molecular weight is 524 g/mol. The molecule has 0 atom stereocenters. The van der Waals surface area contributed by atoms with E-state index in [1.54, 1.807) is 24.3 Å². The lowest BCUT2D eigenvalue weighted by atomic mass is 10.2. The zero-order valence-electron chi connectivity index (χ0n) is 19.4. The number of hydrazone groups is 1. The van der Waals surface area contributed by atoms with Gasteiger partial charge in [-0.25, -0.2) is 5.43 Å². The van der Waals surface area contributed by atoms with Crippen molar-refractivity contribution >= 4 is 35.5 Å². The number of methoxy groups -OCH3 is 2. The quantitative estimate of drug-likeness (QED) is 0.188. The van der Waals surface area contributed by atoms with E-state index in [9.17, 15) is 9.90 Å². The number of nitrogens with zero attached hydrogens (tertiary/aromatic N) is 4. The van der Waals surface area contributed by atoms with Crippen LogP contribution in [0.1, 0.15) is 5.56 Å². The third-order valence-corrected chi connectivity index (χ3v) is 6.17. The summed E-state index contributed by atoms with van der Waals surface area (Å²) in [4.78, 5) is 12.5. The molecule has 1 amide bonds. The van der Waals surface area contributed by atoms with Crippen molar-refractivity contribution in [3.63, 3.8) is 0 Å². The fourth-order valence-electron chi connectivity index (χ4n) is 3.29. The predicted molar refractivity (Wildman–Crippen MR) is 139 cm³/mol. The van der Waals surface area contributed by atoms with Crippen molar-refractivity contribution in [3.05, 3.63) is 77.3 Å². The lowest BCUT2D eigenvalue weighted by molar-refractivity contribution is -0.118. The van der Waals surface area contributed by atoms with Crippen LogP contribution < -0.4 is 14.9 Å². The number of benzene rings is 3. The molecule has 2 N–H and O–H groups in total. The Morgan fingerprint density at radius 2 is 1.75 bits per heavy atom. The molecule has 36 heavy (non-hydrogen) atoms. The van der Waals surface area contributed by atoms with Gasteiger partial charge in [-0.3, -0.25) is 9.36 Å². The van der Waals surface area contributed by atoms with Crippen molar-refractivity contribution in [2.45, 2.75) is 5.16 Å². The number of aromatic nitrogens is 3. The number of hydrogen-bond donors (Lipinski definition) is 2. The van der Waals surface area contributed by atoms with Gasteiger partial charge in [0.15, 0.2) is 22.5 Å². The highest BCUT2D eigenvalue weighted by atomic mass is 35.5. The monoisotopic (exact) mass is 523 g/mol. The topological polar surface area (TPSA) is 111 Å². The summed E-state index contributed by atoms with van der Waals surface area (Å²) < 4.78 is 12.1. The van der Waals surface area contributed by atoms with Crippen LogP contribution in [-0.2, 0) is 4.79 Å². The SMILES string of the molecule is COc1cc(C=NNC(=O)CSc2nnc(-c3ccccc3)n2-c2ccc(Cl)cc2)cc(OC)c1O. The fraction of sp³-hybridized carbons (Fsp3) is 0.120. The standard InChI is InChI=1S/C25H22ClN5O4S/c1-34-20-12-16(13-21(35-2)23(20)33)14-27-28-22(32)15-36-25-30-29-24(17-6-4-3-5-7-17)31(25)19-10-8-18(26)9-11-19/h3-14,33H,15H2,1-2H3,(H,28,32). The second kappa shape index (κ2) is 11.6. The minimum Gasteiger partial charge on any atom is -0.502 e. The highest BCUT2D eigenvalue weighted by Crippen LogP contribution is 2.36. The molecule has 0 aliphatic rings. The van der Waals surface area contributed by atoms with Crippen LogP contribution in [0.15, 0.2) is 77.0 Å². The smallest absolute Gasteiger partial charge is 0.250 e. The van der Waals surface area contributed by atoms with E-state index in [-0.39, 0.29) is 28.9 Å². The Kier molecular flexibility index (Phi) is 8.09. The minimum absolute atomic E-state index is 0.0556. The molecule has 0 saturated carbocycles. The van der Waals surface area contributed by atoms with Gasteiger partial charge in [0.25, 0.3) is 5.91 Å². The predicted octanol–water partition coefficient (Wildman–Crippen LogP) is 4.55. The summed E-state index contributed by atoms with van der Waals surface area (Å²) in [5.41, 5.74) is 4.77. The van der Waals surface area contributed by atoms with Gasteiger partial charge in [0, 0.05) is 21.8 Å². The van der Waals surface area contributed by atoms with Crippen LogP contribution in [0.5, 0.6) is 17.2 Å².